The number of nitrogens with two attached hydrogens (primary N) is 1. The van der Waals surface area contributed by atoms with Crippen molar-refractivity contribution in [3.8, 4) is 11.5 Å². The highest BCUT2D eigenvalue weighted by molar-refractivity contribution is 5.93. The molecule has 5 heteroatoms. The van der Waals surface area contributed by atoms with E-state index < -0.39 is 5.91 Å². The van der Waals surface area contributed by atoms with E-state index >= 15 is 0 Å². The van der Waals surface area contributed by atoms with E-state index in [1.807, 2.05) is 25.3 Å². The number of hydrogen-bond donors (Lipinski definition) is 1. The first kappa shape index (κ1) is 13.3. The van der Waals surface area contributed by atoms with Crippen molar-refractivity contribution in [2.24, 2.45) is 5.73 Å². The van der Waals surface area contributed by atoms with E-state index in [9.17, 15) is 4.79 Å². The SMILES string of the molecule is CCc1cnc2cc(-c3ncc(C(N)=O)cc3C)oc2c1. The Bertz CT molecular complexity index is 837. The van der Waals surface area contributed by atoms with Gasteiger partial charge in [-0.1, -0.05) is 6.92 Å². The molecule has 3 aromatic rings. The van der Waals surface area contributed by atoms with Crippen LogP contribution >= 0.6 is 0 Å². The second-order valence-corrected chi connectivity index (χ2v) is 4.94. The molecule has 3 rings (SSSR count). The van der Waals surface area contributed by atoms with Gasteiger partial charge >= 0.3 is 0 Å². The third kappa shape index (κ3) is 2.38. The summed E-state index contributed by atoms with van der Waals surface area (Å²) in [4.78, 5) is 19.8. The molecule has 0 bridgehead atoms. The first-order valence-corrected chi connectivity index (χ1v) is 6.73. The van der Waals surface area contributed by atoms with Crippen molar-refractivity contribution in [2.75, 3.05) is 0 Å². The molecule has 0 atom stereocenters. The number of fused-ring (bicyclic) bond motifs is 1. The summed E-state index contributed by atoms with van der Waals surface area (Å²) in [5.41, 5.74) is 9.82. The number of nitrogens with zero attached hydrogens (tertiary/aromatic N) is 2. The Balaban J connectivity index is 2.09. The Kier molecular flexibility index (Phi) is 3.17. The van der Waals surface area contributed by atoms with Gasteiger partial charge in [-0.05, 0) is 36.6 Å². The van der Waals surface area contributed by atoms with Gasteiger partial charge in [0.1, 0.15) is 11.2 Å². The van der Waals surface area contributed by atoms with E-state index in [2.05, 4.69) is 16.9 Å². The molecule has 21 heavy (non-hydrogen) atoms. The van der Waals surface area contributed by atoms with Crippen LogP contribution in [0.5, 0.6) is 0 Å². The third-order valence-corrected chi connectivity index (χ3v) is 3.43. The molecule has 0 aliphatic heterocycles. The maximum absolute atomic E-state index is 11.2. The molecule has 106 valence electrons. The molecule has 0 fully saturated rings. The smallest absolute Gasteiger partial charge is 0.250 e. The molecule has 0 aliphatic rings. The van der Waals surface area contributed by atoms with E-state index in [1.54, 1.807) is 6.07 Å². The van der Waals surface area contributed by atoms with Gasteiger partial charge in [0, 0.05) is 18.5 Å². The second kappa shape index (κ2) is 5.01. The number of carbonyl (C=O) groups excluding carboxylic acids is 1. The van der Waals surface area contributed by atoms with Crippen molar-refractivity contribution < 1.29 is 9.21 Å². The van der Waals surface area contributed by atoms with Gasteiger partial charge in [0.2, 0.25) is 5.91 Å². The Morgan fingerprint density at radius 1 is 1.24 bits per heavy atom. The van der Waals surface area contributed by atoms with E-state index in [4.69, 9.17) is 10.2 Å². The van der Waals surface area contributed by atoms with Crippen LogP contribution in [0.4, 0.5) is 0 Å². The van der Waals surface area contributed by atoms with Crippen LogP contribution in [0.3, 0.4) is 0 Å². The van der Waals surface area contributed by atoms with Crippen LogP contribution in [0.25, 0.3) is 22.6 Å². The van der Waals surface area contributed by atoms with Crippen molar-refractivity contribution in [3.05, 3.63) is 47.3 Å². The van der Waals surface area contributed by atoms with Crippen molar-refractivity contribution in [2.45, 2.75) is 20.3 Å². The zero-order chi connectivity index (χ0) is 15.0. The first-order valence-electron chi connectivity index (χ1n) is 6.73. The average Bonchev–Trinajstić information content (AvgIpc) is 2.89. The van der Waals surface area contributed by atoms with Gasteiger partial charge in [0.25, 0.3) is 0 Å². The number of pyridine rings is 2. The molecule has 0 aromatic carbocycles. The summed E-state index contributed by atoms with van der Waals surface area (Å²) in [5, 5.41) is 0. The molecule has 2 N–H and O–H groups in total. The fourth-order valence-electron chi connectivity index (χ4n) is 2.24. The molecular weight excluding hydrogens is 266 g/mol. The Morgan fingerprint density at radius 3 is 2.71 bits per heavy atom. The lowest BCUT2D eigenvalue weighted by molar-refractivity contribution is 0.1000. The van der Waals surface area contributed by atoms with E-state index in [0.717, 1.165) is 28.6 Å². The van der Waals surface area contributed by atoms with Crippen LogP contribution in [0.2, 0.25) is 0 Å². The Hall–Kier alpha value is -2.69. The fourth-order valence-corrected chi connectivity index (χ4v) is 2.24. The molecule has 0 radical (unpaired) electrons. The van der Waals surface area contributed by atoms with Crippen LogP contribution in [0.15, 0.2) is 35.0 Å². The minimum absolute atomic E-state index is 0.388. The summed E-state index contributed by atoms with van der Waals surface area (Å²) in [7, 11) is 0. The van der Waals surface area contributed by atoms with Gasteiger partial charge in [-0.2, -0.15) is 0 Å². The molecule has 3 aromatic heterocycles. The van der Waals surface area contributed by atoms with E-state index in [0.29, 0.717) is 17.0 Å². The van der Waals surface area contributed by atoms with Gasteiger partial charge < -0.3 is 10.2 Å². The van der Waals surface area contributed by atoms with E-state index in [-0.39, 0.29) is 0 Å². The number of hydrogen-bond acceptors (Lipinski definition) is 4. The molecule has 5 nitrogen and oxygen atoms in total. The quantitative estimate of drug-likeness (QED) is 0.800. The number of amides is 1. The zero-order valence-electron chi connectivity index (χ0n) is 11.9. The maximum Gasteiger partial charge on any atom is 0.250 e. The van der Waals surface area contributed by atoms with Crippen LogP contribution in [0.1, 0.15) is 28.4 Å². The van der Waals surface area contributed by atoms with Gasteiger partial charge in [-0.3, -0.25) is 14.8 Å². The van der Waals surface area contributed by atoms with Crippen LogP contribution < -0.4 is 5.73 Å². The Labute approximate surface area is 121 Å². The van der Waals surface area contributed by atoms with E-state index in [1.165, 1.54) is 6.20 Å². The minimum Gasteiger partial charge on any atom is -0.453 e. The number of aromatic nitrogens is 2. The predicted molar refractivity (Wildman–Crippen MR) is 79.9 cm³/mol. The number of carbonyl (C=O) groups is 1. The van der Waals surface area contributed by atoms with Crippen molar-refractivity contribution in [3.63, 3.8) is 0 Å². The lowest BCUT2D eigenvalue weighted by Crippen LogP contribution is -2.11. The van der Waals surface area contributed by atoms with Crippen molar-refractivity contribution >= 4 is 17.0 Å². The topological polar surface area (TPSA) is 82.0 Å². The first-order chi connectivity index (χ1) is 10.1. The maximum atomic E-state index is 11.2. The summed E-state index contributed by atoms with van der Waals surface area (Å²) in [6.07, 6.45) is 4.21. The molecular formula is C16H15N3O2. The normalized spacial score (nSPS) is 11.0. The molecule has 1 amide bonds. The molecule has 0 saturated heterocycles. The van der Waals surface area contributed by atoms with Crippen LogP contribution in [-0.2, 0) is 6.42 Å². The number of aryl methyl sites for hydroxylation is 2. The lowest BCUT2D eigenvalue weighted by atomic mass is 10.1. The Morgan fingerprint density at radius 2 is 2.05 bits per heavy atom. The largest absolute Gasteiger partial charge is 0.453 e. The highest BCUT2D eigenvalue weighted by Gasteiger charge is 2.13. The summed E-state index contributed by atoms with van der Waals surface area (Å²) in [6.45, 7) is 3.94. The minimum atomic E-state index is -0.490. The van der Waals surface area contributed by atoms with Gasteiger partial charge in [0.15, 0.2) is 11.3 Å². The summed E-state index contributed by atoms with van der Waals surface area (Å²) >= 11 is 0. The summed E-state index contributed by atoms with van der Waals surface area (Å²) in [5.74, 6) is 0.148. The second-order valence-electron chi connectivity index (χ2n) is 4.94. The summed E-state index contributed by atoms with van der Waals surface area (Å²) < 4.78 is 5.84. The van der Waals surface area contributed by atoms with Gasteiger partial charge in [-0.25, -0.2) is 0 Å². The fraction of sp³-hybridized carbons (Fsp3) is 0.188. The molecule has 0 aliphatic carbocycles. The van der Waals surface area contributed by atoms with Gasteiger partial charge in [0.05, 0.1) is 5.56 Å². The van der Waals surface area contributed by atoms with Crippen LogP contribution in [-0.4, -0.2) is 15.9 Å². The third-order valence-electron chi connectivity index (χ3n) is 3.43. The monoisotopic (exact) mass is 281 g/mol. The molecule has 0 saturated carbocycles. The zero-order valence-corrected chi connectivity index (χ0v) is 11.9. The van der Waals surface area contributed by atoms with Crippen molar-refractivity contribution in [1.82, 2.24) is 9.97 Å². The standard InChI is InChI=1S/C16H15N3O2/c1-3-10-5-13-12(18-7-10)6-14(21-13)15-9(2)4-11(8-19-15)16(17)20/h4-8H,3H2,1-2H3,(H2,17,20). The molecule has 0 spiro atoms. The lowest BCUT2D eigenvalue weighted by Gasteiger charge is -2.02. The molecule has 3 heterocycles. The highest BCUT2D eigenvalue weighted by atomic mass is 16.3. The number of primary amides is 1. The number of furan rings is 1. The highest BCUT2D eigenvalue weighted by Crippen LogP contribution is 2.28. The van der Waals surface area contributed by atoms with Gasteiger partial charge in [-0.15, -0.1) is 0 Å². The van der Waals surface area contributed by atoms with Crippen molar-refractivity contribution in [1.29, 1.82) is 0 Å². The average molecular weight is 281 g/mol. The predicted octanol–water partition coefficient (Wildman–Crippen LogP) is 2.86. The number of rotatable bonds is 3. The summed E-state index contributed by atoms with van der Waals surface area (Å²) in [6, 6.07) is 5.55. The van der Waals surface area contributed by atoms with Crippen LogP contribution in [0, 0.1) is 6.92 Å². The molecule has 0 unspecified atom stereocenters.